The van der Waals surface area contributed by atoms with Crippen LogP contribution < -0.4 is 5.32 Å². The van der Waals surface area contributed by atoms with Gasteiger partial charge < -0.3 is 19.8 Å². The van der Waals surface area contributed by atoms with Crippen molar-refractivity contribution in [3.8, 4) is 0 Å². The van der Waals surface area contributed by atoms with E-state index in [1.165, 1.54) is 12.0 Å². The molecule has 0 bridgehead atoms. The summed E-state index contributed by atoms with van der Waals surface area (Å²) in [5.74, 6) is 1.54. The molecule has 2 amide bonds. The molecule has 0 aromatic carbocycles. The number of aliphatic hydroxyl groups excluding tert-OH is 1. The fourth-order valence-electron chi connectivity index (χ4n) is 3.70. The van der Waals surface area contributed by atoms with Gasteiger partial charge in [0.25, 0.3) is 0 Å². The number of amides is 2. The number of nitrogens with zero attached hydrogens (tertiary/aromatic N) is 2. The van der Waals surface area contributed by atoms with E-state index in [-0.39, 0.29) is 12.6 Å². The van der Waals surface area contributed by atoms with Crippen LogP contribution in [0.3, 0.4) is 0 Å². The lowest BCUT2D eigenvalue weighted by molar-refractivity contribution is 0.197. The van der Waals surface area contributed by atoms with Crippen LogP contribution in [0.5, 0.6) is 0 Å². The number of urea groups is 1. The molecule has 6 nitrogen and oxygen atoms in total. The van der Waals surface area contributed by atoms with Crippen LogP contribution in [0, 0.1) is 5.92 Å². The fraction of sp³-hybridized carbons (Fsp3) is 0.765. The molecule has 1 aliphatic carbocycles. The standard InChI is InChI=1S/C17H27N3O3/c21-11-8-13-4-3-9-20(10-7-13)17(22)18-12-15-14-5-1-2-6-16(14)23-19-15/h13,21H,1-12H2,(H,18,22). The zero-order valence-electron chi connectivity index (χ0n) is 13.7. The number of carbonyl (C=O) groups is 1. The van der Waals surface area contributed by atoms with Gasteiger partial charge >= 0.3 is 6.03 Å². The molecule has 0 spiro atoms. The number of fused-ring (bicyclic) bond motifs is 1. The van der Waals surface area contributed by atoms with E-state index in [2.05, 4.69) is 10.5 Å². The second-order valence-corrected chi connectivity index (χ2v) is 6.69. The second kappa shape index (κ2) is 7.81. The van der Waals surface area contributed by atoms with E-state index in [9.17, 15) is 4.79 Å². The summed E-state index contributed by atoms with van der Waals surface area (Å²) in [4.78, 5) is 14.3. The summed E-state index contributed by atoms with van der Waals surface area (Å²) in [6.45, 7) is 2.26. The molecule has 1 aliphatic heterocycles. The first-order valence-corrected chi connectivity index (χ1v) is 8.88. The summed E-state index contributed by atoms with van der Waals surface area (Å²) in [7, 11) is 0. The number of aromatic nitrogens is 1. The predicted octanol–water partition coefficient (Wildman–Crippen LogP) is 2.25. The molecule has 1 atom stereocenters. The lowest BCUT2D eigenvalue weighted by atomic mass is 9.96. The van der Waals surface area contributed by atoms with Crippen molar-refractivity contribution in [3.63, 3.8) is 0 Å². The summed E-state index contributed by atoms with van der Waals surface area (Å²) >= 11 is 0. The number of carbonyl (C=O) groups excluding carboxylic acids is 1. The maximum absolute atomic E-state index is 12.4. The first-order valence-electron chi connectivity index (χ1n) is 8.88. The molecule has 1 aromatic heterocycles. The van der Waals surface area contributed by atoms with Crippen LogP contribution in [0.1, 0.15) is 55.5 Å². The molecular weight excluding hydrogens is 294 g/mol. The highest BCUT2D eigenvalue weighted by molar-refractivity contribution is 5.74. The van der Waals surface area contributed by atoms with E-state index in [0.717, 1.165) is 69.5 Å². The number of rotatable bonds is 4. The lowest BCUT2D eigenvalue weighted by Gasteiger charge is -2.21. The highest BCUT2D eigenvalue weighted by atomic mass is 16.5. The Hall–Kier alpha value is -1.56. The second-order valence-electron chi connectivity index (χ2n) is 6.69. The first-order chi connectivity index (χ1) is 11.3. The summed E-state index contributed by atoms with van der Waals surface area (Å²) in [6, 6.07) is -0.0118. The Morgan fingerprint density at radius 2 is 2.13 bits per heavy atom. The fourth-order valence-corrected chi connectivity index (χ4v) is 3.70. The lowest BCUT2D eigenvalue weighted by Crippen LogP contribution is -2.40. The SMILES string of the molecule is O=C(NCc1noc2c1CCCC2)N1CCCC(CCO)CC1. The van der Waals surface area contributed by atoms with E-state index in [0.29, 0.717) is 12.5 Å². The summed E-state index contributed by atoms with van der Waals surface area (Å²) in [5, 5.41) is 16.2. The molecule has 1 unspecified atom stereocenters. The van der Waals surface area contributed by atoms with Crippen molar-refractivity contribution in [2.24, 2.45) is 5.92 Å². The average Bonchev–Trinajstić information content (AvgIpc) is 2.83. The first kappa shape index (κ1) is 16.3. The Labute approximate surface area is 137 Å². The average molecular weight is 321 g/mol. The highest BCUT2D eigenvalue weighted by Gasteiger charge is 2.22. The van der Waals surface area contributed by atoms with Crippen LogP contribution in [0.25, 0.3) is 0 Å². The molecule has 1 fully saturated rings. The van der Waals surface area contributed by atoms with Gasteiger partial charge in [0, 0.05) is 31.7 Å². The van der Waals surface area contributed by atoms with Crippen LogP contribution in [0.2, 0.25) is 0 Å². The van der Waals surface area contributed by atoms with Gasteiger partial charge in [-0.15, -0.1) is 0 Å². The quantitative estimate of drug-likeness (QED) is 0.891. The molecular formula is C17H27N3O3. The third-order valence-electron chi connectivity index (χ3n) is 5.11. The predicted molar refractivity (Wildman–Crippen MR) is 86.0 cm³/mol. The number of aliphatic hydroxyl groups is 1. The molecule has 2 heterocycles. The zero-order chi connectivity index (χ0) is 16.1. The topological polar surface area (TPSA) is 78.6 Å². The van der Waals surface area contributed by atoms with Crippen molar-refractivity contribution in [2.45, 2.75) is 57.9 Å². The minimum atomic E-state index is -0.0118. The Morgan fingerprint density at radius 1 is 1.26 bits per heavy atom. The van der Waals surface area contributed by atoms with E-state index in [1.807, 2.05) is 4.90 Å². The van der Waals surface area contributed by atoms with Crippen LogP contribution in [0.4, 0.5) is 4.79 Å². The monoisotopic (exact) mass is 321 g/mol. The Kier molecular flexibility index (Phi) is 5.54. The maximum atomic E-state index is 12.4. The van der Waals surface area contributed by atoms with Crippen molar-refractivity contribution in [2.75, 3.05) is 19.7 Å². The number of nitrogens with one attached hydrogen (secondary N) is 1. The Morgan fingerprint density at radius 3 is 3.00 bits per heavy atom. The van der Waals surface area contributed by atoms with Gasteiger partial charge in [-0.05, 0) is 50.9 Å². The van der Waals surface area contributed by atoms with Crippen molar-refractivity contribution in [3.05, 3.63) is 17.0 Å². The molecule has 128 valence electrons. The largest absolute Gasteiger partial charge is 0.396 e. The van der Waals surface area contributed by atoms with Gasteiger partial charge in [0.2, 0.25) is 0 Å². The highest BCUT2D eigenvalue weighted by Crippen LogP contribution is 2.24. The summed E-state index contributed by atoms with van der Waals surface area (Å²) < 4.78 is 5.39. The van der Waals surface area contributed by atoms with Gasteiger partial charge in [0.05, 0.1) is 6.54 Å². The third kappa shape index (κ3) is 4.05. The van der Waals surface area contributed by atoms with E-state index in [4.69, 9.17) is 9.63 Å². The summed E-state index contributed by atoms with van der Waals surface area (Å²) in [5.41, 5.74) is 2.09. The number of likely N-dealkylation sites (tertiary alicyclic amines) is 1. The zero-order valence-corrected chi connectivity index (χ0v) is 13.7. The van der Waals surface area contributed by atoms with Crippen LogP contribution in [0.15, 0.2) is 4.52 Å². The molecule has 2 aliphatic rings. The van der Waals surface area contributed by atoms with Crippen LogP contribution in [-0.4, -0.2) is 40.9 Å². The molecule has 2 N–H and O–H groups in total. The molecule has 1 aromatic rings. The summed E-state index contributed by atoms with van der Waals surface area (Å²) in [6.07, 6.45) is 8.25. The number of hydrogen-bond donors (Lipinski definition) is 2. The van der Waals surface area contributed by atoms with E-state index in [1.54, 1.807) is 0 Å². The molecule has 6 heteroatoms. The smallest absolute Gasteiger partial charge is 0.317 e. The minimum absolute atomic E-state index is 0.0118. The molecule has 0 saturated carbocycles. The van der Waals surface area contributed by atoms with Gasteiger partial charge in [0.15, 0.2) is 0 Å². The van der Waals surface area contributed by atoms with Crippen molar-refractivity contribution >= 4 is 6.03 Å². The normalized spacial score (nSPS) is 21.6. The molecule has 23 heavy (non-hydrogen) atoms. The van der Waals surface area contributed by atoms with Crippen LogP contribution >= 0.6 is 0 Å². The van der Waals surface area contributed by atoms with Gasteiger partial charge in [-0.2, -0.15) is 0 Å². The van der Waals surface area contributed by atoms with E-state index >= 15 is 0 Å². The molecule has 1 saturated heterocycles. The van der Waals surface area contributed by atoms with Gasteiger partial charge in [-0.1, -0.05) is 5.16 Å². The van der Waals surface area contributed by atoms with Gasteiger partial charge in [-0.3, -0.25) is 0 Å². The van der Waals surface area contributed by atoms with Gasteiger partial charge in [0.1, 0.15) is 11.5 Å². The molecule has 3 rings (SSSR count). The van der Waals surface area contributed by atoms with Crippen LogP contribution in [-0.2, 0) is 19.4 Å². The number of aryl methyl sites for hydroxylation is 1. The third-order valence-corrected chi connectivity index (χ3v) is 5.11. The van der Waals surface area contributed by atoms with Crippen molar-refractivity contribution < 1.29 is 14.4 Å². The van der Waals surface area contributed by atoms with E-state index < -0.39 is 0 Å². The Bertz CT molecular complexity index is 529. The molecule has 0 radical (unpaired) electrons. The van der Waals surface area contributed by atoms with Gasteiger partial charge in [-0.25, -0.2) is 4.79 Å². The minimum Gasteiger partial charge on any atom is -0.396 e. The maximum Gasteiger partial charge on any atom is 0.317 e. The van der Waals surface area contributed by atoms with Crippen molar-refractivity contribution in [1.82, 2.24) is 15.4 Å². The van der Waals surface area contributed by atoms with Crippen molar-refractivity contribution in [1.29, 1.82) is 0 Å². The Balaban J connectivity index is 1.50. The number of hydrogen-bond acceptors (Lipinski definition) is 4.